The van der Waals surface area contributed by atoms with Crippen molar-refractivity contribution in [2.75, 3.05) is 26.2 Å². The minimum atomic E-state index is 0.372. The number of amides is 1. The lowest BCUT2D eigenvalue weighted by molar-refractivity contribution is -0.131. The minimum absolute atomic E-state index is 0.372. The highest BCUT2D eigenvalue weighted by Gasteiger charge is 2.22. The largest absolute Gasteiger partial charge is 0.342 e. The molecule has 0 aromatic rings. The standard InChI is InChI=1S/C15H30N2O/c1-4-6-14-7-8-15(18)17(10-9-14)12-13(3)11-16-5-2/h13-14,16H,4-12H2,1-3H3. The molecule has 1 N–H and O–H groups in total. The van der Waals surface area contributed by atoms with Crippen molar-refractivity contribution in [3.8, 4) is 0 Å². The molecule has 0 spiro atoms. The summed E-state index contributed by atoms with van der Waals surface area (Å²) in [5.74, 6) is 1.70. The molecular formula is C15H30N2O. The van der Waals surface area contributed by atoms with Gasteiger partial charge in [0.1, 0.15) is 0 Å². The average molecular weight is 254 g/mol. The highest BCUT2D eigenvalue weighted by Crippen LogP contribution is 2.23. The smallest absolute Gasteiger partial charge is 0.222 e. The van der Waals surface area contributed by atoms with Crippen LogP contribution in [0.15, 0.2) is 0 Å². The Hall–Kier alpha value is -0.570. The van der Waals surface area contributed by atoms with Gasteiger partial charge in [0.05, 0.1) is 0 Å². The molecule has 1 aliphatic heterocycles. The molecule has 1 aliphatic rings. The Morgan fingerprint density at radius 1 is 1.39 bits per heavy atom. The maximum atomic E-state index is 12.1. The first-order chi connectivity index (χ1) is 8.67. The zero-order valence-corrected chi connectivity index (χ0v) is 12.4. The molecule has 2 unspecified atom stereocenters. The molecule has 1 fully saturated rings. The number of hydrogen-bond donors (Lipinski definition) is 1. The van der Waals surface area contributed by atoms with Gasteiger partial charge in [-0.2, -0.15) is 0 Å². The maximum Gasteiger partial charge on any atom is 0.222 e. The molecular weight excluding hydrogens is 224 g/mol. The van der Waals surface area contributed by atoms with Crippen molar-refractivity contribution in [2.45, 2.75) is 52.9 Å². The van der Waals surface area contributed by atoms with E-state index in [9.17, 15) is 4.79 Å². The van der Waals surface area contributed by atoms with Crippen LogP contribution in [-0.4, -0.2) is 37.0 Å². The van der Waals surface area contributed by atoms with E-state index in [0.717, 1.165) is 44.9 Å². The summed E-state index contributed by atoms with van der Waals surface area (Å²) in [6.45, 7) is 10.5. The van der Waals surface area contributed by atoms with Gasteiger partial charge in [-0.05, 0) is 37.8 Å². The highest BCUT2D eigenvalue weighted by atomic mass is 16.2. The van der Waals surface area contributed by atoms with Gasteiger partial charge in [0.2, 0.25) is 5.91 Å². The van der Waals surface area contributed by atoms with E-state index < -0.39 is 0 Å². The van der Waals surface area contributed by atoms with Crippen LogP contribution >= 0.6 is 0 Å². The van der Waals surface area contributed by atoms with Crippen LogP contribution in [0, 0.1) is 11.8 Å². The SMILES string of the molecule is CCCC1CCC(=O)N(CC(C)CNCC)CC1. The number of likely N-dealkylation sites (tertiary alicyclic amines) is 1. The van der Waals surface area contributed by atoms with Gasteiger partial charge in [-0.3, -0.25) is 4.79 Å². The molecule has 1 saturated heterocycles. The molecule has 0 radical (unpaired) electrons. The van der Waals surface area contributed by atoms with Gasteiger partial charge in [-0.25, -0.2) is 0 Å². The van der Waals surface area contributed by atoms with E-state index in [1.165, 1.54) is 19.3 Å². The van der Waals surface area contributed by atoms with E-state index in [-0.39, 0.29) is 0 Å². The third-order valence-corrected chi connectivity index (χ3v) is 3.90. The van der Waals surface area contributed by atoms with Crippen molar-refractivity contribution < 1.29 is 4.79 Å². The molecule has 3 heteroatoms. The van der Waals surface area contributed by atoms with Crippen molar-refractivity contribution in [3.05, 3.63) is 0 Å². The minimum Gasteiger partial charge on any atom is -0.342 e. The van der Waals surface area contributed by atoms with Crippen molar-refractivity contribution >= 4 is 5.91 Å². The van der Waals surface area contributed by atoms with Crippen LogP contribution in [0.25, 0.3) is 0 Å². The Kier molecular flexibility index (Phi) is 7.33. The number of carbonyl (C=O) groups excluding carboxylic acids is 1. The average Bonchev–Trinajstić information content (AvgIpc) is 2.52. The first kappa shape index (κ1) is 15.5. The first-order valence-corrected chi connectivity index (χ1v) is 7.65. The molecule has 0 bridgehead atoms. The second kappa shape index (κ2) is 8.52. The maximum absolute atomic E-state index is 12.1. The van der Waals surface area contributed by atoms with Crippen LogP contribution < -0.4 is 5.32 Å². The summed E-state index contributed by atoms with van der Waals surface area (Å²) in [6, 6.07) is 0. The summed E-state index contributed by atoms with van der Waals surface area (Å²) in [5, 5.41) is 3.36. The van der Waals surface area contributed by atoms with E-state index >= 15 is 0 Å². The fourth-order valence-electron chi connectivity index (χ4n) is 2.81. The number of nitrogens with one attached hydrogen (secondary N) is 1. The van der Waals surface area contributed by atoms with Crippen LogP contribution in [0.1, 0.15) is 52.9 Å². The zero-order chi connectivity index (χ0) is 13.4. The monoisotopic (exact) mass is 254 g/mol. The van der Waals surface area contributed by atoms with Crippen molar-refractivity contribution in [2.24, 2.45) is 11.8 Å². The first-order valence-electron chi connectivity index (χ1n) is 7.65. The summed E-state index contributed by atoms with van der Waals surface area (Å²) in [5.41, 5.74) is 0. The van der Waals surface area contributed by atoms with Crippen LogP contribution in [0.2, 0.25) is 0 Å². The van der Waals surface area contributed by atoms with E-state index in [1.54, 1.807) is 0 Å². The summed E-state index contributed by atoms with van der Waals surface area (Å²) >= 11 is 0. The van der Waals surface area contributed by atoms with E-state index in [2.05, 4.69) is 31.0 Å². The molecule has 0 aliphatic carbocycles. The molecule has 2 atom stereocenters. The second-order valence-corrected chi connectivity index (χ2v) is 5.73. The van der Waals surface area contributed by atoms with Gasteiger partial charge in [-0.15, -0.1) is 0 Å². The Morgan fingerprint density at radius 2 is 2.17 bits per heavy atom. The molecule has 0 aromatic carbocycles. The molecule has 1 rings (SSSR count). The molecule has 3 nitrogen and oxygen atoms in total. The summed E-state index contributed by atoms with van der Waals surface area (Å²) < 4.78 is 0. The van der Waals surface area contributed by atoms with Gasteiger partial charge in [0.25, 0.3) is 0 Å². The molecule has 0 aromatic heterocycles. The van der Waals surface area contributed by atoms with Gasteiger partial charge in [0.15, 0.2) is 0 Å². The molecule has 106 valence electrons. The molecule has 0 saturated carbocycles. The molecule has 1 heterocycles. The Morgan fingerprint density at radius 3 is 2.83 bits per heavy atom. The molecule has 1 amide bonds. The number of nitrogens with zero attached hydrogens (tertiary/aromatic N) is 1. The lowest BCUT2D eigenvalue weighted by Crippen LogP contribution is -2.37. The van der Waals surface area contributed by atoms with Gasteiger partial charge >= 0.3 is 0 Å². The fraction of sp³-hybridized carbons (Fsp3) is 0.933. The predicted octanol–water partition coefficient (Wildman–Crippen LogP) is 2.66. The van der Waals surface area contributed by atoms with Gasteiger partial charge in [0, 0.05) is 19.5 Å². The lowest BCUT2D eigenvalue weighted by atomic mass is 9.96. The van der Waals surface area contributed by atoms with Crippen LogP contribution in [0.4, 0.5) is 0 Å². The van der Waals surface area contributed by atoms with Crippen molar-refractivity contribution in [1.82, 2.24) is 10.2 Å². The van der Waals surface area contributed by atoms with Gasteiger partial charge in [-0.1, -0.05) is 33.6 Å². The third kappa shape index (κ3) is 5.38. The number of rotatable bonds is 7. The second-order valence-electron chi connectivity index (χ2n) is 5.73. The van der Waals surface area contributed by atoms with E-state index in [1.807, 2.05) is 0 Å². The molecule has 18 heavy (non-hydrogen) atoms. The summed E-state index contributed by atoms with van der Waals surface area (Å²) in [6.07, 6.45) is 5.60. The highest BCUT2D eigenvalue weighted by molar-refractivity contribution is 5.76. The Labute approximate surface area is 112 Å². The predicted molar refractivity (Wildman–Crippen MR) is 76.5 cm³/mol. The Bertz CT molecular complexity index is 243. The van der Waals surface area contributed by atoms with Gasteiger partial charge < -0.3 is 10.2 Å². The fourth-order valence-corrected chi connectivity index (χ4v) is 2.81. The summed E-state index contributed by atoms with van der Waals surface area (Å²) in [7, 11) is 0. The van der Waals surface area contributed by atoms with Crippen LogP contribution in [0.3, 0.4) is 0 Å². The summed E-state index contributed by atoms with van der Waals surface area (Å²) in [4.78, 5) is 14.2. The lowest BCUT2D eigenvalue weighted by Gasteiger charge is -2.24. The number of hydrogen-bond acceptors (Lipinski definition) is 2. The quantitative estimate of drug-likeness (QED) is 0.757. The topological polar surface area (TPSA) is 32.3 Å². The van der Waals surface area contributed by atoms with Crippen molar-refractivity contribution in [3.63, 3.8) is 0 Å². The zero-order valence-electron chi connectivity index (χ0n) is 12.4. The number of carbonyl (C=O) groups is 1. The van der Waals surface area contributed by atoms with Crippen LogP contribution in [-0.2, 0) is 4.79 Å². The van der Waals surface area contributed by atoms with Crippen molar-refractivity contribution in [1.29, 1.82) is 0 Å². The van der Waals surface area contributed by atoms with E-state index in [4.69, 9.17) is 0 Å². The van der Waals surface area contributed by atoms with E-state index in [0.29, 0.717) is 11.8 Å². The third-order valence-electron chi connectivity index (χ3n) is 3.90. The normalized spacial score (nSPS) is 22.9. The van der Waals surface area contributed by atoms with Crippen LogP contribution in [0.5, 0.6) is 0 Å². The Balaban J connectivity index is 2.38.